The van der Waals surface area contributed by atoms with E-state index in [4.69, 9.17) is 27.9 Å². The van der Waals surface area contributed by atoms with Crippen LogP contribution in [0.25, 0.3) is 10.8 Å². The van der Waals surface area contributed by atoms with Crippen molar-refractivity contribution in [3.63, 3.8) is 0 Å². The Hall–Kier alpha value is -3.21. The van der Waals surface area contributed by atoms with Crippen LogP contribution in [0.15, 0.2) is 72.8 Å². The second kappa shape index (κ2) is 9.51. The smallest absolute Gasteiger partial charge is 0.335 e. The molecule has 0 saturated carbocycles. The van der Waals surface area contributed by atoms with E-state index in [1.807, 2.05) is 37.3 Å². The highest BCUT2D eigenvalue weighted by molar-refractivity contribution is 6.35. The van der Waals surface area contributed by atoms with E-state index in [1.165, 1.54) is 0 Å². The molecule has 4 nitrogen and oxygen atoms in total. The van der Waals surface area contributed by atoms with Crippen molar-refractivity contribution in [3.8, 4) is 5.75 Å². The number of carboxylic acids is 1. The molecule has 0 amide bonds. The Morgan fingerprint density at radius 3 is 2.59 bits per heavy atom. The van der Waals surface area contributed by atoms with Gasteiger partial charge in [-0.3, -0.25) is 0 Å². The van der Waals surface area contributed by atoms with E-state index in [9.17, 15) is 9.90 Å². The summed E-state index contributed by atoms with van der Waals surface area (Å²) in [6, 6.07) is 22.4. The van der Waals surface area contributed by atoms with Gasteiger partial charge in [0.15, 0.2) is 0 Å². The Labute approximate surface area is 196 Å². The van der Waals surface area contributed by atoms with Crippen LogP contribution in [0.3, 0.4) is 0 Å². The minimum Gasteiger partial charge on any atom is -0.488 e. The van der Waals surface area contributed by atoms with Crippen molar-refractivity contribution in [2.75, 3.05) is 5.32 Å². The normalized spacial score (nSPS) is 10.8. The summed E-state index contributed by atoms with van der Waals surface area (Å²) >= 11 is 12.3. The lowest BCUT2D eigenvalue weighted by molar-refractivity contribution is 0.0697. The number of aromatic carboxylic acids is 1. The van der Waals surface area contributed by atoms with Crippen molar-refractivity contribution in [1.29, 1.82) is 0 Å². The van der Waals surface area contributed by atoms with Crippen LogP contribution in [0.5, 0.6) is 5.75 Å². The largest absolute Gasteiger partial charge is 0.488 e. The van der Waals surface area contributed by atoms with Crippen LogP contribution in [-0.4, -0.2) is 11.1 Å². The summed E-state index contributed by atoms with van der Waals surface area (Å²) in [5.41, 5.74) is 3.79. The van der Waals surface area contributed by atoms with Gasteiger partial charge in [0.05, 0.1) is 5.56 Å². The zero-order chi connectivity index (χ0) is 22.7. The minimum atomic E-state index is -0.956. The molecule has 0 unspecified atom stereocenters. The number of carbonyl (C=O) groups is 1. The van der Waals surface area contributed by atoms with Crippen molar-refractivity contribution in [2.45, 2.75) is 20.1 Å². The van der Waals surface area contributed by atoms with Gasteiger partial charge >= 0.3 is 5.97 Å². The first-order valence-corrected chi connectivity index (χ1v) is 10.8. The molecule has 0 aliphatic carbocycles. The average Bonchev–Trinajstić information content (AvgIpc) is 2.78. The number of carboxylic acid groups (broad SMARTS) is 1. The number of rotatable bonds is 7. The highest BCUT2D eigenvalue weighted by Gasteiger charge is 2.12. The fourth-order valence-electron chi connectivity index (χ4n) is 3.56. The Balaban J connectivity index is 1.65. The maximum absolute atomic E-state index is 11.4. The van der Waals surface area contributed by atoms with Gasteiger partial charge in [-0.25, -0.2) is 4.79 Å². The lowest BCUT2D eigenvalue weighted by Crippen LogP contribution is -2.07. The molecular formula is C26H21Cl2NO3. The number of benzene rings is 4. The first kappa shape index (κ1) is 22.0. The van der Waals surface area contributed by atoms with E-state index in [-0.39, 0.29) is 5.56 Å². The maximum Gasteiger partial charge on any atom is 0.335 e. The van der Waals surface area contributed by atoms with Gasteiger partial charge in [0.2, 0.25) is 0 Å². The summed E-state index contributed by atoms with van der Waals surface area (Å²) in [5.74, 6) is -0.226. The lowest BCUT2D eigenvalue weighted by Gasteiger charge is -2.17. The van der Waals surface area contributed by atoms with Crippen LogP contribution in [0.4, 0.5) is 5.69 Å². The summed E-state index contributed by atoms with van der Waals surface area (Å²) in [5, 5.41) is 16.0. The summed E-state index contributed by atoms with van der Waals surface area (Å²) in [6.07, 6.45) is 0. The van der Waals surface area contributed by atoms with E-state index in [2.05, 4.69) is 17.4 Å². The summed E-state index contributed by atoms with van der Waals surface area (Å²) < 4.78 is 6.17. The van der Waals surface area contributed by atoms with Gasteiger partial charge in [0.1, 0.15) is 12.4 Å². The van der Waals surface area contributed by atoms with E-state index in [0.29, 0.717) is 23.2 Å². The fraction of sp³-hybridized carbons (Fsp3) is 0.115. The molecule has 6 heteroatoms. The van der Waals surface area contributed by atoms with Crippen molar-refractivity contribution in [3.05, 3.63) is 105 Å². The monoisotopic (exact) mass is 465 g/mol. The molecule has 0 fully saturated rings. The molecule has 4 aromatic carbocycles. The Kier molecular flexibility index (Phi) is 6.54. The van der Waals surface area contributed by atoms with Gasteiger partial charge in [-0.1, -0.05) is 65.7 Å². The number of fused-ring (bicyclic) bond motifs is 1. The highest BCUT2D eigenvalue weighted by Crippen LogP contribution is 2.31. The number of ether oxygens (including phenoxy) is 1. The third kappa shape index (κ3) is 4.82. The van der Waals surface area contributed by atoms with E-state index >= 15 is 0 Å². The molecule has 0 aromatic heterocycles. The van der Waals surface area contributed by atoms with Gasteiger partial charge in [-0.2, -0.15) is 0 Å². The molecule has 0 atom stereocenters. The molecule has 0 saturated heterocycles. The average molecular weight is 466 g/mol. The number of aryl methyl sites for hydroxylation is 1. The van der Waals surface area contributed by atoms with Crippen molar-refractivity contribution >= 4 is 45.6 Å². The van der Waals surface area contributed by atoms with Gasteiger partial charge in [0.25, 0.3) is 0 Å². The van der Waals surface area contributed by atoms with Gasteiger partial charge < -0.3 is 15.2 Å². The molecule has 2 N–H and O–H groups in total. The molecule has 32 heavy (non-hydrogen) atoms. The van der Waals surface area contributed by atoms with E-state index < -0.39 is 5.97 Å². The van der Waals surface area contributed by atoms with Crippen LogP contribution in [0.1, 0.15) is 27.0 Å². The van der Waals surface area contributed by atoms with Crippen LogP contribution < -0.4 is 10.1 Å². The molecule has 0 spiro atoms. The second-order valence-electron chi connectivity index (χ2n) is 7.48. The molecule has 0 bridgehead atoms. The SMILES string of the molecule is Cc1ccc(C(=O)O)cc1NCc1c(OCc2ccc(Cl)cc2Cl)ccc2ccccc12. The number of anilines is 1. The van der Waals surface area contributed by atoms with Crippen molar-refractivity contribution < 1.29 is 14.6 Å². The van der Waals surface area contributed by atoms with Gasteiger partial charge in [-0.15, -0.1) is 0 Å². The third-order valence-corrected chi connectivity index (χ3v) is 5.92. The van der Waals surface area contributed by atoms with E-state index in [1.54, 1.807) is 30.3 Å². The lowest BCUT2D eigenvalue weighted by atomic mass is 10.0. The Bertz CT molecular complexity index is 1300. The van der Waals surface area contributed by atoms with Crippen molar-refractivity contribution in [2.24, 2.45) is 0 Å². The first-order valence-electron chi connectivity index (χ1n) is 10.1. The zero-order valence-electron chi connectivity index (χ0n) is 17.4. The Morgan fingerprint density at radius 1 is 1.00 bits per heavy atom. The van der Waals surface area contributed by atoms with Crippen LogP contribution >= 0.6 is 23.2 Å². The second-order valence-corrected chi connectivity index (χ2v) is 8.32. The summed E-state index contributed by atoms with van der Waals surface area (Å²) in [6.45, 7) is 2.71. The summed E-state index contributed by atoms with van der Waals surface area (Å²) in [4.78, 5) is 11.4. The third-order valence-electron chi connectivity index (χ3n) is 5.34. The standard InChI is InChI=1S/C26H21Cl2NO3/c1-16-6-7-18(26(30)31)12-24(16)29-14-22-21-5-3-2-4-17(21)9-11-25(22)32-15-19-8-10-20(27)13-23(19)28/h2-13,29H,14-15H2,1H3,(H,30,31). The fourth-order valence-corrected chi connectivity index (χ4v) is 4.02. The topological polar surface area (TPSA) is 58.6 Å². The zero-order valence-corrected chi connectivity index (χ0v) is 18.9. The minimum absolute atomic E-state index is 0.241. The maximum atomic E-state index is 11.4. The van der Waals surface area contributed by atoms with Crippen LogP contribution in [0.2, 0.25) is 10.0 Å². The molecule has 4 rings (SSSR count). The van der Waals surface area contributed by atoms with Crippen molar-refractivity contribution in [1.82, 2.24) is 0 Å². The predicted octanol–water partition coefficient (Wildman–Crippen LogP) is 7.34. The number of nitrogens with one attached hydrogen (secondary N) is 1. The van der Waals surface area contributed by atoms with Gasteiger partial charge in [-0.05, 0) is 53.6 Å². The summed E-state index contributed by atoms with van der Waals surface area (Å²) in [7, 11) is 0. The number of hydrogen-bond donors (Lipinski definition) is 2. The quantitative estimate of drug-likeness (QED) is 0.299. The van der Waals surface area contributed by atoms with Crippen LogP contribution in [0, 0.1) is 6.92 Å². The van der Waals surface area contributed by atoms with E-state index in [0.717, 1.165) is 38.9 Å². The first-order chi connectivity index (χ1) is 15.4. The molecule has 0 radical (unpaired) electrons. The molecule has 0 aliphatic rings. The molecule has 4 aromatic rings. The van der Waals surface area contributed by atoms with Gasteiger partial charge in [0, 0.05) is 33.4 Å². The highest BCUT2D eigenvalue weighted by atomic mass is 35.5. The Morgan fingerprint density at radius 2 is 1.81 bits per heavy atom. The molecule has 0 aliphatic heterocycles. The predicted molar refractivity (Wildman–Crippen MR) is 130 cm³/mol. The number of halogens is 2. The molecule has 0 heterocycles. The number of hydrogen-bond acceptors (Lipinski definition) is 3. The molecular weight excluding hydrogens is 445 g/mol. The van der Waals surface area contributed by atoms with Crippen LogP contribution in [-0.2, 0) is 13.2 Å². The molecule has 162 valence electrons.